The molecule has 0 N–H and O–H groups in total. The molecule has 0 bridgehead atoms. The van der Waals surface area contributed by atoms with Gasteiger partial charge in [0.15, 0.2) is 0 Å². The van der Waals surface area contributed by atoms with E-state index in [1.165, 1.54) is 6.07 Å². The second-order valence-corrected chi connectivity index (χ2v) is 3.53. The van der Waals surface area contributed by atoms with Crippen molar-refractivity contribution in [3.05, 3.63) is 34.9 Å². The van der Waals surface area contributed by atoms with Crippen LogP contribution >= 0.6 is 0 Å². The Morgan fingerprint density at radius 1 is 1.27 bits per heavy atom. The Labute approximate surface area is 104 Å². The number of hydrogen-bond acceptors (Lipinski definition) is 0. The van der Waals surface area contributed by atoms with Gasteiger partial charge in [-0.2, -0.15) is 11.6 Å². The predicted molar refractivity (Wildman–Crippen MR) is 53.3 cm³/mol. The maximum absolute atomic E-state index is 13.5. The Balaban J connectivity index is 0.00000196. The van der Waals surface area contributed by atoms with Crippen molar-refractivity contribution in [1.82, 2.24) is 0 Å². The molecule has 0 aliphatic rings. The zero-order valence-corrected chi connectivity index (χ0v) is 11.9. The van der Waals surface area contributed by atoms with Gasteiger partial charge >= 0.3 is 0 Å². The summed E-state index contributed by atoms with van der Waals surface area (Å²) in [5.74, 6) is -1.48. The first-order valence-corrected chi connectivity index (χ1v) is 4.97. The van der Waals surface area contributed by atoms with Gasteiger partial charge in [0, 0.05) is 32.1 Å². The van der Waals surface area contributed by atoms with Crippen LogP contribution in [0.1, 0.15) is 43.7 Å². The first-order chi connectivity index (χ1) is 6.61. The van der Waals surface area contributed by atoms with Crippen molar-refractivity contribution in [3.8, 4) is 0 Å². The topological polar surface area (TPSA) is 0 Å². The van der Waals surface area contributed by atoms with Gasteiger partial charge in [-0.05, 0) is 5.92 Å². The summed E-state index contributed by atoms with van der Waals surface area (Å²) in [5, 5.41) is 0. The zero-order chi connectivity index (χ0) is 10.7. The van der Waals surface area contributed by atoms with E-state index in [0.717, 1.165) is 18.4 Å². The van der Waals surface area contributed by atoms with E-state index in [-0.39, 0.29) is 26.3 Å². The summed E-state index contributed by atoms with van der Waals surface area (Å²) >= 11 is 0. The summed E-state index contributed by atoms with van der Waals surface area (Å²) in [6.07, 6.45) is 1.66. The number of benzene rings is 1. The molecule has 0 saturated carbocycles. The summed E-state index contributed by atoms with van der Waals surface area (Å²) in [6, 6.07) is 3.79. The van der Waals surface area contributed by atoms with Gasteiger partial charge in [0.1, 0.15) is 0 Å². The van der Waals surface area contributed by atoms with Crippen LogP contribution in [0, 0.1) is 24.6 Å². The van der Waals surface area contributed by atoms with E-state index in [4.69, 9.17) is 0 Å². The Morgan fingerprint density at radius 2 is 1.80 bits per heavy atom. The molecule has 0 heterocycles. The molecule has 1 aromatic rings. The van der Waals surface area contributed by atoms with Crippen LogP contribution in [-0.4, -0.2) is 0 Å². The van der Waals surface area contributed by atoms with Crippen LogP contribution < -0.4 is 0 Å². The minimum Gasteiger partial charge on any atom is -0.281 e. The van der Waals surface area contributed by atoms with Crippen molar-refractivity contribution in [2.45, 2.75) is 39.5 Å². The molecular weight excluding hydrogens is 368 g/mol. The molecule has 15 heavy (non-hydrogen) atoms. The molecule has 0 aliphatic carbocycles. The van der Waals surface area contributed by atoms with Gasteiger partial charge in [-0.3, -0.25) is 4.39 Å². The summed E-state index contributed by atoms with van der Waals surface area (Å²) in [7, 11) is 0. The summed E-state index contributed by atoms with van der Waals surface area (Å²) in [6.45, 7) is 5.77. The van der Waals surface area contributed by atoms with Gasteiger partial charge in [-0.1, -0.05) is 33.6 Å². The fourth-order valence-electron chi connectivity index (χ4n) is 1.80. The Hall–Kier alpha value is -0.258. The molecule has 0 aliphatic heterocycles. The van der Waals surface area contributed by atoms with Gasteiger partial charge < -0.3 is 0 Å². The molecule has 85 valence electrons. The average molecular weight is 383 g/mol. The van der Waals surface area contributed by atoms with Crippen molar-refractivity contribution in [3.63, 3.8) is 0 Å². The smallest absolute Gasteiger partial charge is 0.0471 e. The Morgan fingerprint density at radius 3 is 2.27 bits per heavy atom. The molecule has 3 heteroatoms. The van der Waals surface area contributed by atoms with Crippen molar-refractivity contribution >= 4 is 0 Å². The third-order valence-electron chi connectivity index (χ3n) is 2.66. The van der Waals surface area contributed by atoms with Gasteiger partial charge in [0.2, 0.25) is 0 Å². The minimum atomic E-state index is -0.863. The molecule has 0 spiro atoms. The molecule has 0 saturated heterocycles. The van der Waals surface area contributed by atoms with Crippen molar-refractivity contribution < 1.29 is 29.2 Å². The maximum atomic E-state index is 13.5. The monoisotopic (exact) mass is 384 g/mol. The molecule has 1 rings (SSSR count). The Kier molecular flexibility index (Phi) is 6.24. The second-order valence-electron chi connectivity index (χ2n) is 3.53. The minimum absolute atomic E-state index is 0. The van der Waals surface area contributed by atoms with Crippen LogP contribution in [0.5, 0.6) is 0 Å². The molecule has 0 atom stereocenters. The number of aryl methyl sites for hydroxylation is 1. The summed E-state index contributed by atoms with van der Waals surface area (Å²) in [4.78, 5) is 0. The molecule has 1 radical (unpaired) electrons. The average Bonchev–Trinajstić information content (AvgIpc) is 2.19. The molecule has 0 fully saturated rings. The van der Waals surface area contributed by atoms with Gasteiger partial charge in [-0.15, -0.1) is 11.6 Å². The van der Waals surface area contributed by atoms with E-state index in [1.54, 1.807) is 6.92 Å². The molecule has 0 unspecified atom stereocenters. The van der Waals surface area contributed by atoms with Crippen LogP contribution in [0.15, 0.2) is 6.07 Å². The van der Waals surface area contributed by atoms with E-state index in [2.05, 4.69) is 6.07 Å². The quantitative estimate of drug-likeness (QED) is 0.693. The summed E-state index contributed by atoms with van der Waals surface area (Å²) < 4.78 is 26.4. The predicted octanol–water partition coefficient (Wildman–Crippen LogP) is 3.97. The maximum Gasteiger partial charge on any atom is 0.0471 e. The first kappa shape index (κ1) is 14.7. The second kappa shape index (κ2) is 6.35. The summed E-state index contributed by atoms with van der Waals surface area (Å²) in [5.41, 5.74) is 1.31. The molecule has 0 aromatic heterocycles. The standard InChI is InChI=1S/C12H15F2.Re/c1-4-9(5-2)11-8(3)6-7-10(13)12(11)14;/h6,9H,4-5H2,1-3H3;/q-1;. The largest absolute Gasteiger partial charge is 0.281 e. The number of halogens is 2. The fourth-order valence-corrected chi connectivity index (χ4v) is 1.80. The normalized spacial score (nSPS) is 10.3. The third-order valence-corrected chi connectivity index (χ3v) is 2.66. The van der Waals surface area contributed by atoms with Crippen molar-refractivity contribution in [2.24, 2.45) is 0 Å². The first-order valence-electron chi connectivity index (χ1n) is 4.97. The van der Waals surface area contributed by atoms with Crippen LogP contribution in [0.4, 0.5) is 8.78 Å². The SMILES string of the molecule is CCC(CC)c1c(C)c[c-]c(F)c1F.[Re]. The molecular formula is C12H15F2Re-. The van der Waals surface area contributed by atoms with Gasteiger partial charge in [-0.25, -0.2) is 4.39 Å². The Bertz CT molecular complexity index is 320. The van der Waals surface area contributed by atoms with E-state index in [9.17, 15) is 8.78 Å². The number of hydrogen-bond donors (Lipinski definition) is 0. The van der Waals surface area contributed by atoms with Gasteiger partial charge in [0.05, 0.1) is 0 Å². The van der Waals surface area contributed by atoms with Crippen molar-refractivity contribution in [1.29, 1.82) is 0 Å². The van der Waals surface area contributed by atoms with Crippen LogP contribution in [-0.2, 0) is 20.4 Å². The van der Waals surface area contributed by atoms with E-state index < -0.39 is 11.6 Å². The van der Waals surface area contributed by atoms with E-state index >= 15 is 0 Å². The molecule has 1 aromatic carbocycles. The fraction of sp³-hybridized carbons (Fsp3) is 0.500. The molecule has 0 nitrogen and oxygen atoms in total. The molecule has 0 amide bonds. The van der Waals surface area contributed by atoms with E-state index in [1.807, 2.05) is 13.8 Å². The van der Waals surface area contributed by atoms with Crippen LogP contribution in [0.2, 0.25) is 0 Å². The van der Waals surface area contributed by atoms with Crippen LogP contribution in [0.25, 0.3) is 0 Å². The van der Waals surface area contributed by atoms with Gasteiger partial charge in [0.25, 0.3) is 0 Å². The third kappa shape index (κ3) is 3.10. The van der Waals surface area contributed by atoms with Crippen LogP contribution in [0.3, 0.4) is 0 Å². The van der Waals surface area contributed by atoms with E-state index in [0.29, 0.717) is 5.56 Å². The number of rotatable bonds is 3. The van der Waals surface area contributed by atoms with Crippen molar-refractivity contribution in [2.75, 3.05) is 0 Å². The zero-order valence-electron chi connectivity index (χ0n) is 9.20.